The third-order valence-electron chi connectivity index (χ3n) is 6.18. The van der Waals surface area contributed by atoms with Gasteiger partial charge in [-0.1, -0.05) is 13.0 Å². The minimum atomic E-state index is -0.200. The van der Waals surface area contributed by atoms with Crippen molar-refractivity contribution in [1.29, 1.82) is 0 Å². The molecular weight excluding hydrogens is 355 g/mol. The minimum absolute atomic E-state index is 0.0633. The summed E-state index contributed by atoms with van der Waals surface area (Å²) in [5.41, 5.74) is 1.56. The van der Waals surface area contributed by atoms with Gasteiger partial charge in [0.25, 0.3) is 5.91 Å². The molecule has 2 fully saturated rings. The summed E-state index contributed by atoms with van der Waals surface area (Å²) in [5, 5.41) is 4.30. The van der Waals surface area contributed by atoms with E-state index in [4.69, 9.17) is 0 Å². The number of likely N-dealkylation sites (tertiary alicyclic amines) is 1. The lowest BCUT2D eigenvalue weighted by Crippen LogP contribution is -2.50. The van der Waals surface area contributed by atoms with Crippen LogP contribution in [0.4, 0.5) is 10.1 Å². The van der Waals surface area contributed by atoms with E-state index in [1.165, 1.54) is 6.07 Å². The molecule has 0 unspecified atom stereocenters. The molecule has 28 heavy (non-hydrogen) atoms. The topological polar surface area (TPSA) is 41.4 Å². The van der Waals surface area contributed by atoms with Crippen LogP contribution in [0.15, 0.2) is 36.5 Å². The Balaban J connectivity index is 1.54. The van der Waals surface area contributed by atoms with Crippen LogP contribution in [0.1, 0.15) is 50.5 Å². The van der Waals surface area contributed by atoms with Crippen molar-refractivity contribution in [3.63, 3.8) is 0 Å². The molecule has 0 spiro atoms. The Morgan fingerprint density at radius 2 is 2.14 bits per heavy atom. The molecule has 0 bridgehead atoms. The summed E-state index contributed by atoms with van der Waals surface area (Å²) >= 11 is 0. The average molecular weight is 384 g/mol. The van der Waals surface area contributed by atoms with E-state index in [0.717, 1.165) is 44.6 Å². The Morgan fingerprint density at radius 1 is 1.32 bits per heavy atom. The number of rotatable bonds is 4. The second-order valence-corrected chi connectivity index (χ2v) is 8.67. The Hall–Kier alpha value is -2.37. The van der Waals surface area contributed by atoms with E-state index < -0.39 is 0 Å². The number of fused-ring (bicyclic) bond motifs is 1. The Kier molecular flexibility index (Phi) is 4.89. The highest BCUT2D eigenvalue weighted by atomic mass is 19.1. The second-order valence-electron chi connectivity index (χ2n) is 8.67. The highest BCUT2D eigenvalue weighted by molar-refractivity contribution is 5.92. The average Bonchev–Trinajstić information content (AvgIpc) is 3.21. The molecule has 150 valence electrons. The van der Waals surface area contributed by atoms with Crippen LogP contribution in [-0.2, 0) is 6.54 Å². The number of hydrogen-bond acceptors (Lipinski definition) is 3. The summed E-state index contributed by atoms with van der Waals surface area (Å²) in [6.45, 7) is 8.75. The van der Waals surface area contributed by atoms with E-state index in [2.05, 4.69) is 30.8 Å². The maximum atomic E-state index is 13.8. The zero-order chi connectivity index (χ0) is 19.9. The fraction of sp³-hybridized carbons (Fsp3) is 0.545. The first-order valence-electron chi connectivity index (χ1n) is 10.3. The molecular formula is C22H29FN4O. The van der Waals surface area contributed by atoms with Crippen molar-refractivity contribution in [3.05, 3.63) is 48.0 Å². The van der Waals surface area contributed by atoms with Crippen LogP contribution in [0.3, 0.4) is 0 Å². The first-order valence-corrected chi connectivity index (χ1v) is 10.3. The van der Waals surface area contributed by atoms with E-state index in [9.17, 15) is 9.18 Å². The van der Waals surface area contributed by atoms with Crippen molar-refractivity contribution in [2.75, 3.05) is 18.0 Å². The van der Waals surface area contributed by atoms with Gasteiger partial charge in [0.15, 0.2) is 0 Å². The Bertz CT molecular complexity index is 862. The molecule has 2 atom stereocenters. The van der Waals surface area contributed by atoms with Gasteiger partial charge in [-0.15, -0.1) is 0 Å². The van der Waals surface area contributed by atoms with Crippen LogP contribution in [-0.4, -0.2) is 45.3 Å². The molecule has 2 aromatic rings. The smallest absolute Gasteiger partial charge is 0.272 e. The number of carbonyl (C=O) groups excluding carboxylic acids is 1. The number of benzene rings is 1. The van der Waals surface area contributed by atoms with Gasteiger partial charge in [0.2, 0.25) is 0 Å². The van der Waals surface area contributed by atoms with E-state index in [1.54, 1.807) is 18.3 Å². The zero-order valence-corrected chi connectivity index (χ0v) is 16.9. The van der Waals surface area contributed by atoms with E-state index in [1.807, 2.05) is 21.7 Å². The molecule has 1 aromatic heterocycles. The summed E-state index contributed by atoms with van der Waals surface area (Å²) in [6.07, 6.45) is 4.55. The van der Waals surface area contributed by atoms with Gasteiger partial charge in [-0.3, -0.25) is 9.48 Å². The molecule has 0 saturated carbocycles. The van der Waals surface area contributed by atoms with Gasteiger partial charge in [-0.05, 0) is 63.3 Å². The van der Waals surface area contributed by atoms with Crippen molar-refractivity contribution < 1.29 is 9.18 Å². The predicted molar refractivity (Wildman–Crippen MR) is 108 cm³/mol. The van der Waals surface area contributed by atoms with Crippen LogP contribution in [0.25, 0.3) is 0 Å². The number of aryl methyl sites for hydroxylation is 1. The van der Waals surface area contributed by atoms with Crippen LogP contribution in [0.5, 0.6) is 0 Å². The van der Waals surface area contributed by atoms with Crippen molar-refractivity contribution in [1.82, 2.24) is 14.7 Å². The molecule has 5 nitrogen and oxygen atoms in total. The van der Waals surface area contributed by atoms with Crippen molar-refractivity contribution >= 4 is 11.6 Å². The number of amides is 1. The fourth-order valence-electron chi connectivity index (χ4n) is 5.17. The highest BCUT2D eigenvalue weighted by Crippen LogP contribution is 2.44. The molecule has 3 heterocycles. The third-order valence-corrected chi connectivity index (χ3v) is 6.18. The predicted octanol–water partition coefficient (Wildman–Crippen LogP) is 3.95. The largest absolute Gasteiger partial charge is 0.363 e. The zero-order valence-electron chi connectivity index (χ0n) is 16.9. The molecule has 0 aliphatic carbocycles. The first kappa shape index (κ1) is 19.0. The van der Waals surface area contributed by atoms with Crippen molar-refractivity contribution in [3.8, 4) is 0 Å². The summed E-state index contributed by atoms with van der Waals surface area (Å²) < 4.78 is 15.6. The molecule has 1 amide bonds. The van der Waals surface area contributed by atoms with Gasteiger partial charge in [0.05, 0.1) is 0 Å². The lowest BCUT2D eigenvalue weighted by Gasteiger charge is -2.41. The number of halogens is 1. The van der Waals surface area contributed by atoms with Gasteiger partial charge in [-0.25, -0.2) is 4.39 Å². The maximum Gasteiger partial charge on any atom is 0.272 e. The summed E-state index contributed by atoms with van der Waals surface area (Å²) in [6, 6.07) is 9.05. The number of anilines is 1. The number of hydrogen-bond donors (Lipinski definition) is 0. The first-order chi connectivity index (χ1) is 13.4. The normalized spacial score (nSPS) is 23.7. The molecule has 6 heteroatoms. The van der Waals surface area contributed by atoms with Gasteiger partial charge >= 0.3 is 0 Å². The molecule has 2 aliphatic heterocycles. The lowest BCUT2D eigenvalue weighted by molar-refractivity contribution is 0.0654. The number of carbonyl (C=O) groups is 1. The molecule has 2 saturated heterocycles. The molecule has 2 aliphatic rings. The molecule has 0 radical (unpaired) electrons. The third kappa shape index (κ3) is 3.29. The lowest BCUT2D eigenvalue weighted by atomic mass is 9.89. The second kappa shape index (κ2) is 7.22. The van der Waals surface area contributed by atoms with Gasteiger partial charge in [-0.2, -0.15) is 5.10 Å². The number of piperidine rings is 1. The van der Waals surface area contributed by atoms with Crippen LogP contribution < -0.4 is 4.90 Å². The Labute approximate surface area is 166 Å². The molecule has 4 rings (SSSR count). The van der Waals surface area contributed by atoms with Crippen LogP contribution >= 0.6 is 0 Å². The van der Waals surface area contributed by atoms with Crippen molar-refractivity contribution in [2.45, 2.75) is 58.2 Å². The monoisotopic (exact) mass is 384 g/mol. The maximum absolute atomic E-state index is 13.8. The van der Waals surface area contributed by atoms with Gasteiger partial charge < -0.3 is 9.80 Å². The van der Waals surface area contributed by atoms with E-state index in [0.29, 0.717) is 17.7 Å². The Morgan fingerprint density at radius 3 is 2.89 bits per heavy atom. The van der Waals surface area contributed by atoms with Crippen LogP contribution in [0, 0.1) is 11.7 Å². The SMILES string of the molecule is CCCn1nccc1C(=O)N1CC[C@H]2[C@@H](C1)CC(C)(C)N2c1cccc(F)c1. The number of aromatic nitrogens is 2. The van der Waals surface area contributed by atoms with E-state index in [-0.39, 0.29) is 17.3 Å². The molecule has 0 N–H and O–H groups in total. The van der Waals surface area contributed by atoms with E-state index >= 15 is 0 Å². The molecule has 1 aromatic carbocycles. The van der Waals surface area contributed by atoms with Crippen LogP contribution in [0.2, 0.25) is 0 Å². The van der Waals surface area contributed by atoms with Gasteiger partial charge in [0, 0.05) is 43.1 Å². The summed E-state index contributed by atoms with van der Waals surface area (Å²) in [4.78, 5) is 17.5. The fourth-order valence-corrected chi connectivity index (χ4v) is 5.17. The quantitative estimate of drug-likeness (QED) is 0.801. The minimum Gasteiger partial charge on any atom is -0.363 e. The summed E-state index contributed by atoms with van der Waals surface area (Å²) in [7, 11) is 0. The van der Waals surface area contributed by atoms with Crippen molar-refractivity contribution in [2.24, 2.45) is 5.92 Å². The summed E-state index contributed by atoms with van der Waals surface area (Å²) in [5.74, 6) is 0.262. The number of nitrogens with zero attached hydrogens (tertiary/aromatic N) is 4. The van der Waals surface area contributed by atoms with Gasteiger partial charge in [0.1, 0.15) is 11.5 Å². The standard InChI is InChI=1S/C22H29FN4O/c1-4-11-26-20(8-10-24-26)21(28)25-12-9-19-16(15-25)14-22(2,3)27(19)18-7-5-6-17(23)13-18/h5-8,10,13,16,19H,4,9,11-12,14-15H2,1-3H3/t16-,19+/m1/s1. The highest BCUT2D eigenvalue weighted by Gasteiger charge is 2.48.